The summed E-state index contributed by atoms with van der Waals surface area (Å²) in [6, 6.07) is 0. The molecule has 0 aromatic rings. The zero-order valence-corrected chi connectivity index (χ0v) is 8.25. The first-order chi connectivity index (χ1) is 6.65. The van der Waals surface area contributed by atoms with Crippen molar-refractivity contribution < 1.29 is 19.1 Å². The largest absolute Gasteiger partial charge is 0.460 e. The summed E-state index contributed by atoms with van der Waals surface area (Å²) in [5.74, 6) is -1.71. The molecule has 1 aliphatic rings. The third kappa shape index (κ3) is 2.65. The van der Waals surface area contributed by atoms with Crippen LogP contribution < -0.4 is 0 Å². The lowest BCUT2D eigenvalue weighted by Gasteiger charge is -2.18. The fourth-order valence-corrected chi connectivity index (χ4v) is 1.62. The van der Waals surface area contributed by atoms with Crippen LogP contribution in [-0.4, -0.2) is 24.1 Å². The van der Waals surface area contributed by atoms with E-state index in [1.165, 1.54) is 0 Å². The summed E-state index contributed by atoms with van der Waals surface area (Å²) < 4.78 is 4.59. The molecule has 4 heteroatoms. The van der Waals surface area contributed by atoms with E-state index < -0.39 is 17.7 Å². The van der Waals surface area contributed by atoms with Gasteiger partial charge in [0.2, 0.25) is 5.78 Å². The summed E-state index contributed by atoms with van der Waals surface area (Å²) in [4.78, 5) is 33.5. The molecule has 0 N–H and O–H groups in total. The second-order valence-electron chi connectivity index (χ2n) is 3.42. The smallest absolute Gasteiger partial charge is 0.374 e. The normalized spacial score (nSPS) is 21.8. The number of rotatable bonds is 3. The predicted octanol–water partition coefficient (Wildman–Crippen LogP) is 0.878. The third-order valence-corrected chi connectivity index (χ3v) is 2.33. The van der Waals surface area contributed by atoms with Gasteiger partial charge in [-0.3, -0.25) is 9.59 Å². The zero-order valence-electron chi connectivity index (χ0n) is 8.25. The van der Waals surface area contributed by atoms with Gasteiger partial charge >= 0.3 is 5.97 Å². The minimum absolute atomic E-state index is 0.0684. The summed E-state index contributed by atoms with van der Waals surface area (Å²) >= 11 is 0. The van der Waals surface area contributed by atoms with Crippen molar-refractivity contribution in [3.05, 3.63) is 0 Å². The van der Waals surface area contributed by atoms with E-state index in [4.69, 9.17) is 0 Å². The molecular formula is C10H14O4. The Morgan fingerprint density at radius 2 is 2.21 bits per heavy atom. The van der Waals surface area contributed by atoms with Gasteiger partial charge in [-0.05, 0) is 19.8 Å². The molecule has 1 unspecified atom stereocenters. The highest BCUT2D eigenvalue weighted by Gasteiger charge is 2.30. The average molecular weight is 198 g/mol. The average Bonchev–Trinajstić information content (AvgIpc) is 2.17. The Kier molecular flexibility index (Phi) is 3.80. The summed E-state index contributed by atoms with van der Waals surface area (Å²) in [6.07, 6.45) is 2.07. The van der Waals surface area contributed by atoms with Crippen LogP contribution in [0, 0.1) is 5.92 Å². The van der Waals surface area contributed by atoms with Crippen molar-refractivity contribution in [1.29, 1.82) is 0 Å². The summed E-state index contributed by atoms with van der Waals surface area (Å²) in [6.45, 7) is 1.85. The van der Waals surface area contributed by atoms with E-state index >= 15 is 0 Å². The maximum atomic E-state index is 11.4. The molecule has 0 bridgehead atoms. The second-order valence-corrected chi connectivity index (χ2v) is 3.42. The number of carbonyl (C=O) groups excluding carboxylic acids is 3. The molecule has 1 atom stereocenters. The van der Waals surface area contributed by atoms with E-state index in [1.807, 2.05) is 0 Å². The van der Waals surface area contributed by atoms with E-state index in [0.717, 1.165) is 0 Å². The maximum Gasteiger partial charge on any atom is 0.374 e. The van der Waals surface area contributed by atoms with Gasteiger partial charge in [-0.15, -0.1) is 0 Å². The van der Waals surface area contributed by atoms with Gasteiger partial charge in [-0.25, -0.2) is 4.79 Å². The Bertz CT molecular complexity index is 257. The Balaban J connectivity index is 2.51. The minimum atomic E-state index is -0.799. The van der Waals surface area contributed by atoms with E-state index in [-0.39, 0.29) is 18.8 Å². The molecule has 1 aliphatic carbocycles. The molecule has 0 aromatic heterocycles. The van der Waals surface area contributed by atoms with Gasteiger partial charge in [0.15, 0.2) is 0 Å². The fraction of sp³-hybridized carbons (Fsp3) is 0.700. The van der Waals surface area contributed by atoms with Crippen LogP contribution >= 0.6 is 0 Å². The highest BCUT2D eigenvalue weighted by atomic mass is 16.5. The molecule has 0 amide bonds. The second kappa shape index (κ2) is 4.88. The molecular weight excluding hydrogens is 184 g/mol. The lowest BCUT2D eigenvalue weighted by atomic mass is 9.85. The number of hydrogen-bond acceptors (Lipinski definition) is 4. The van der Waals surface area contributed by atoms with Gasteiger partial charge in [-0.1, -0.05) is 0 Å². The third-order valence-electron chi connectivity index (χ3n) is 2.33. The molecule has 0 saturated heterocycles. The van der Waals surface area contributed by atoms with Gasteiger partial charge in [0, 0.05) is 18.8 Å². The highest BCUT2D eigenvalue weighted by molar-refractivity contribution is 6.34. The molecule has 78 valence electrons. The van der Waals surface area contributed by atoms with Gasteiger partial charge < -0.3 is 4.74 Å². The van der Waals surface area contributed by atoms with Crippen molar-refractivity contribution in [2.24, 2.45) is 5.92 Å². The van der Waals surface area contributed by atoms with Crippen LogP contribution in [0.2, 0.25) is 0 Å². The fourth-order valence-electron chi connectivity index (χ4n) is 1.62. The molecule has 0 aromatic carbocycles. The SMILES string of the molecule is CCOC(=O)C(=O)C1CCCC(=O)C1. The Morgan fingerprint density at radius 1 is 1.50 bits per heavy atom. The minimum Gasteiger partial charge on any atom is -0.460 e. The highest BCUT2D eigenvalue weighted by Crippen LogP contribution is 2.22. The first-order valence-corrected chi connectivity index (χ1v) is 4.87. The van der Waals surface area contributed by atoms with Crippen LogP contribution in [0.1, 0.15) is 32.6 Å². The molecule has 1 fully saturated rings. The number of hydrogen-bond donors (Lipinski definition) is 0. The molecule has 1 saturated carbocycles. The lowest BCUT2D eigenvalue weighted by Crippen LogP contribution is -2.30. The quantitative estimate of drug-likeness (QED) is 0.499. The van der Waals surface area contributed by atoms with E-state index in [1.54, 1.807) is 6.92 Å². The van der Waals surface area contributed by atoms with Crippen LogP contribution in [0.4, 0.5) is 0 Å². The van der Waals surface area contributed by atoms with Crippen molar-refractivity contribution >= 4 is 17.5 Å². The van der Waals surface area contributed by atoms with Crippen LogP contribution in [0.15, 0.2) is 0 Å². The Hall–Kier alpha value is -1.19. The van der Waals surface area contributed by atoms with Crippen LogP contribution in [0.5, 0.6) is 0 Å². The topological polar surface area (TPSA) is 60.4 Å². The molecule has 0 radical (unpaired) electrons. The lowest BCUT2D eigenvalue weighted by molar-refractivity contribution is -0.156. The van der Waals surface area contributed by atoms with Crippen LogP contribution in [-0.2, 0) is 19.1 Å². The first-order valence-electron chi connectivity index (χ1n) is 4.87. The first kappa shape index (κ1) is 10.9. The molecule has 0 aliphatic heterocycles. The van der Waals surface area contributed by atoms with Crippen molar-refractivity contribution in [2.45, 2.75) is 32.6 Å². The summed E-state index contributed by atoms with van der Waals surface area (Å²) in [7, 11) is 0. The Labute approximate surface area is 82.6 Å². The number of ether oxygens (including phenoxy) is 1. The summed E-state index contributed by atoms with van der Waals surface area (Å²) in [5.41, 5.74) is 0. The molecule has 4 nitrogen and oxygen atoms in total. The molecule has 0 spiro atoms. The zero-order chi connectivity index (χ0) is 10.6. The molecule has 0 heterocycles. The predicted molar refractivity (Wildman–Crippen MR) is 48.6 cm³/mol. The van der Waals surface area contributed by atoms with Crippen molar-refractivity contribution in [1.82, 2.24) is 0 Å². The number of Topliss-reactive ketones (excluding diaryl/α,β-unsaturated/α-hetero) is 2. The van der Waals surface area contributed by atoms with Gasteiger partial charge in [-0.2, -0.15) is 0 Å². The number of esters is 1. The van der Waals surface area contributed by atoms with Crippen molar-refractivity contribution in [3.8, 4) is 0 Å². The van der Waals surface area contributed by atoms with E-state index in [2.05, 4.69) is 4.74 Å². The maximum absolute atomic E-state index is 11.4. The Morgan fingerprint density at radius 3 is 2.79 bits per heavy atom. The van der Waals surface area contributed by atoms with Gasteiger partial charge in [0.1, 0.15) is 5.78 Å². The van der Waals surface area contributed by atoms with Crippen LogP contribution in [0.25, 0.3) is 0 Å². The van der Waals surface area contributed by atoms with E-state index in [0.29, 0.717) is 19.3 Å². The number of ketones is 2. The van der Waals surface area contributed by atoms with E-state index in [9.17, 15) is 14.4 Å². The monoisotopic (exact) mass is 198 g/mol. The van der Waals surface area contributed by atoms with Crippen molar-refractivity contribution in [2.75, 3.05) is 6.61 Å². The number of carbonyl (C=O) groups is 3. The van der Waals surface area contributed by atoms with Crippen LogP contribution in [0.3, 0.4) is 0 Å². The van der Waals surface area contributed by atoms with Gasteiger partial charge in [0.05, 0.1) is 6.61 Å². The molecule has 14 heavy (non-hydrogen) atoms. The van der Waals surface area contributed by atoms with Crippen molar-refractivity contribution in [3.63, 3.8) is 0 Å². The molecule has 1 rings (SSSR count). The van der Waals surface area contributed by atoms with Gasteiger partial charge in [0.25, 0.3) is 0 Å². The summed E-state index contributed by atoms with van der Waals surface area (Å²) in [5, 5.41) is 0. The standard InChI is InChI=1S/C10H14O4/c1-2-14-10(13)9(12)7-4-3-5-8(11)6-7/h7H,2-6H2,1H3.